The lowest BCUT2D eigenvalue weighted by Gasteiger charge is -2.12. The minimum Gasteiger partial charge on any atom is -0.473 e. The average Bonchev–Trinajstić information content (AvgIpc) is 3.26. The molecule has 8 heteroatoms. The number of aryl methyl sites for hydroxylation is 1. The van der Waals surface area contributed by atoms with E-state index in [1.807, 2.05) is 103 Å². The van der Waals surface area contributed by atoms with Gasteiger partial charge in [0.1, 0.15) is 18.9 Å². The maximum Gasteiger partial charge on any atom is 0.226 e. The van der Waals surface area contributed by atoms with Gasteiger partial charge in [0.05, 0.1) is 17.6 Å². The van der Waals surface area contributed by atoms with Crippen molar-refractivity contribution < 1.29 is 9.47 Å². The lowest BCUT2D eigenvalue weighted by molar-refractivity contribution is 0.268. The van der Waals surface area contributed by atoms with Crippen molar-refractivity contribution in [2.45, 2.75) is 19.8 Å². The van der Waals surface area contributed by atoms with Crippen LogP contribution in [0, 0.1) is 0 Å². The Morgan fingerprint density at radius 2 is 1.53 bits per heavy atom. The number of ether oxygens (including phenoxy) is 2. The van der Waals surface area contributed by atoms with Gasteiger partial charge in [-0.05, 0) is 34.4 Å². The fourth-order valence-electron chi connectivity index (χ4n) is 3.97. The molecule has 0 aliphatic heterocycles. The molecule has 0 radical (unpaired) electrons. The topological polar surface area (TPSA) is 97.9 Å². The first kappa shape index (κ1) is 23.0. The molecule has 0 aliphatic rings. The highest BCUT2D eigenvalue weighted by atomic mass is 16.5. The predicted octanol–water partition coefficient (Wildman–Crippen LogP) is 6.60. The Bertz CT molecular complexity index is 1530. The smallest absolute Gasteiger partial charge is 0.226 e. The molecule has 2 heterocycles. The number of hydrogen-bond acceptors (Lipinski definition) is 5. The summed E-state index contributed by atoms with van der Waals surface area (Å²) < 4.78 is 14.0. The third-order valence-electron chi connectivity index (χ3n) is 5.77. The number of aromatic nitrogens is 3. The van der Waals surface area contributed by atoms with Crippen LogP contribution < -0.4 is 9.47 Å². The lowest BCUT2D eigenvalue weighted by Crippen LogP contribution is -2.02. The number of hydrogen-bond donors (Lipinski definition) is 0. The molecule has 5 aromatic rings. The van der Waals surface area contributed by atoms with Gasteiger partial charge in [0.2, 0.25) is 11.8 Å². The van der Waals surface area contributed by atoms with Crippen LogP contribution in [0.5, 0.6) is 11.8 Å². The molecule has 36 heavy (non-hydrogen) atoms. The normalized spacial score (nSPS) is 10.7. The van der Waals surface area contributed by atoms with Crippen LogP contribution in [0.3, 0.4) is 0 Å². The molecule has 0 spiro atoms. The summed E-state index contributed by atoms with van der Waals surface area (Å²) >= 11 is 0. The molecule has 0 aliphatic carbocycles. The summed E-state index contributed by atoms with van der Waals surface area (Å²) in [6, 6.07) is 29.6. The van der Waals surface area contributed by atoms with E-state index in [0.717, 1.165) is 38.9 Å². The molecule has 0 N–H and O–H groups in total. The summed E-state index contributed by atoms with van der Waals surface area (Å²) in [5, 5.41) is 9.39. The Kier molecular flexibility index (Phi) is 6.78. The Balaban J connectivity index is 1.50. The highest BCUT2D eigenvalue weighted by Crippen LogP contribution is 2.35. The summed E-state index contributed by atoms with van der Waals surface area (Å²) in [7, 11) is 1.89. The van der Waals surface area contributed by atoms with E-state index in [-0.39, 0.29) is 6.54 Å². The van der Waals surface area contributed by atoms with Gasteiger partial charge in [0, 0.05) is 23.4 Å². The van der Waals surface area contributed by atoms with E-state index in [1.165, 1.54) is 0 Å². The maximum absolute atomic E-state index is 8.65. The Morgan fingerprint density at radius 3 is 2.22 bits per heavy atom. The summed E-state index contributed by atoms with van der Waals surface area (Å²) in [4.78, 5) is 7.56. The van der Waals surface area contributed by atoms with Gasteiger partial charge in [-0.2, -0.15) is 10.1 Å². The van der Waals surface area contributed by atoms with Crippen LogP contribution in [0.2, 0.25) is 0 Å². The van der Waals surface area contributed by atoms with E-state index in [9.17, 15) is 0 Å². The molecule has 0 saturated heterocycles. The molecular formula is C28H24N6O2. The van der Waals surface area contributed by atoms with Crippen LogP contribution >= 0.6 is 0 Å². The molecule has 8 nitrogen and oxygen atoms in total. The van der Waals surface area contributed by atoms with Gasteiger partial charge in [-0.15, -0.1) is 0 Å². The average molecular weight is 477 g/mol. The van der Waals surface area contributed by atoms with Crippen molar-refractivity contribution in [3.05, 3.63) is 118 Å². The molecule has 2 aromatic heterocycles. The van der Waals surface area contributed by atoms with Crippen LogP contribution in [0.15, 0.2) is 96.1 Å². The van der Waals surface area contributed by atoms with E-state index in [0.29, 0.717) is 25.0 Å². The molecule has 0 bridgehead atoms. The largest absolute Gasteiger partial charge is 0.473 e. The third-order valence-corrected chi connectivity index (χ3v) is 5.77. The van der Waals surface area contributed by atoms with Gasteiger partial charge in [-0.25, -0.2) is 0 Å². The molecule has 3 aromatic carbocycles. The Hall–Kier alpha value is -4.81. The molecule has 0 saturated carbocycles. The SMILES string of the molecule is Cn1nc(-c2ccc(OCc3ccccc3)nc2OCc2ccccc2)c2ccc(CN=[N+]=[N-])cc21. The second kappa shape index (κ2) is 10.6. The number of fused-ring (bicyclic) bond motifs is 1. The van der Waals surface area contributed by atoms with Gasteiger partial charge in [0.15, 0.2) is 0 Å². The summed E-state index contributed by atoms with van der Waals surface area (Å²) in [6.07, 6.45) is 0. The third kappa shape index (κ3) is 5.14. The van der Waals surface area contributed by atoms with E-state index in [4.69, 9.17) is 25.1 Å². The minimum atomic E-state index is 0.285. The van der Waals surface area contributed by atoms with Crippen LogP contribution in [0.25, 0.3) is 32.6 Å². The highest BCUT2D eigenvalue weighted by Gasteiger charge is 2.18. The van der Waals surface area contributed by atoms with Gasteiger partial charge in [-0.1, -0.05) is 77.9 Å². The van der Waals surface area contributed by atoms with Gasteiger partial charge < -0.3 is 9.47 Å². The zero-order valence-corrected chi connectivity index (χ0v) is 19.8. The number of rotatable bonds is 9. The second-order valence-electron chi connectivity index (χ2n) is 8.26. The van der Waals surface area contributed by atoms with Crippen molar-refractivity contribution in [2.75, 3.05) is 0 Å². The van der Waals surface area contributed by atoms with Crippen LogP contribution in [-0.2, 0) is 26.8 Å². The van der Waals surface area contributed by atoms with Crippen molar-refractivity contribution in [3.63, 3.8) is 0 Å². The quantitative estimate of drug-likeness (QED) is 0.136. The summed E-state index contributed by atoms with van der Waals surface area (Å²) in [5.74, 6) is 0.921. The fourth-order valence-corrected chi connectivity index (χ4v) is 3.97. The molecule has 5 rings (SSSR count). The highest BCUT2D eigenvalue weighted by molar-refractivity contribution is 5.94. The van der Waals surface area contributed by atoms with Crippen LogP contribution in [-0.4, -0.2) is 14.8 Å². The van der Waals surface area contributed by atoms with Gasteiger partial charge in [0.25, 0.3) is 0 Å². The number of benzene rings is 3. The monoisotopic (exact) mass is 476 g/mol. The first-order valence-electron chi connectivity index (χ1n) is 11.5. The number of azide groups is 1. The van der Waals surface area contributed by atoms with Crippen molar-refractivity contribution in [3.8, 4) is 23.0 Å². The fraction of sp³-hybridized carbons (Fsp3) is 0.143. The Morgan fingerprint density at radius 1 is 0.833 bits per heavy atom. The summed E-state index contributed by atoms with van der Waals surface area (Å²) in [5.41, 5.74) is 14.1. The summed E-state index contributed by atoms with van der Waals surface area (Å²) in [6.45, 7) is 1.06. The zero-order chi connectivity index (χ0) is 24.7. The number of pyridine rings is 1. The van der Waals surface area contributed by atoms with Crippen molar-refractivity contribution >= 4 is 10.9 Å². The number of nitrogens with zero attached hydrogens (tertiary/aromatic N) is 6. The van der Waals surface area contributed by atoms with Crippen molar-refractivity contribution in [2.24, 2.45) is 12.2 Å². The van der Waals surface area contributed by atoms with E-state index in [2.05, 4.69) is 10.0 Å². The molecule has 0 atom stereocenters. The van der Waals surface area contributed by atoms with Crippen LogP contribution in [0.1, 0.15) is 16.7 Å². The van der Waals surface area contributed by atoms with Gasteiger partial charge >= 0.3 is 0 Å². The van der Waals surface area contributed by atoms with Crippen LogP contribution in [0.4, 0.5) is 0 Å². The first-order valence-corrected chi connectivity index (χ1v) is 11.5. The van der Waals surface area contributed by atoms with E-state index >= 15 is 0 Å². The lowest BCUT2D eigenvalue weighted by atomic mass is 10.1. The molecule has 0 amide bonds. The molecular weight excluding hydrogens is 452 g/mol. The molecule has 0 fully saturated rings. The second-order valence-corrected chi connectivity index (χ2v) is 8.26. The van der Waals surface area contributed by atoms with Gasteiger partial charge in [-0.3, -0.25) is 4.68 Å². The van der Waals surface area contributed by atoms with E-state index < -0.39 is 0 Å². The zero-order valence-electron chi connectivity index (χ0n) is 19.8. The van der Waals surface area contributed by atoms with Crippen molar-refractivity contribution in [1.29, 1.82) is 0 Å². The Labute approximate surface area is 208 Å². The standard InChI is InChI=1S/C28H24N6O2/c1-34-25-16-22(17-30-33-29)12-13-23(25)27(32-34)24-14-15-26(35-18-20-8-4-2-5-9-20)31-28(24)36-19-21-10-6-3-7-11-21/h2-16H,17-19H2,1H3. The van der Waals surface area contributed by atoms with E-state index in [1.54, 1.807) is 0 Å². The predicted molar refractivity (Wildman–Crippen MR) is 138 cm³/mol. The molecule has 0 unspecified atom stereocenters. The van der Waals surface area contributed by atoms with Crippen molar-refractivity contribution in [1.82, 2.24) is 14.8 Å². The maximum atomic E-state index is 8.65. The molecule has 178 valence electrons. The minimum absolute atomic E-state index is 0.285. The first-order chi connectivity index (χ1) is 17.7.